The van der Waals surface area contributed by atoms with Crippen LogP contribution in [0.3, 0.4) is 0 Å². The maximum Gasteiger partial charge on any atom is 0.254 e. The molecular formula is C59H71N3O11. The normalized spacial score (nSPS) is 26.0. The summed E-state index contributed by atoms with van der Waals surface area (Å²) in [4.78, 5) is 28.5. The van der Waals surface area contributed by atoms with Gasteiger partial charge in [-0.3, -0.25) is 19.8 Å². The number of phenols is 1. The second-order valence-electron chi connectivity index (χ2n) is 21.7. The number of hydrogen-bond donors (Lipinski definition) is 6. The Hall–Kier alpha value is -5.80. The van der Waals surface area contributed by atoms with Crippen molar-refractivity contribution in [1.29, 1.82) is 0 Å². The molecule has 0 bridgehead atoms. The first kappa shape index (κ1) is 49.4. The zero-order valence-electron chi connectivity index (χ0n) is 42.5. The van der Waals surface area contributed by atoms with E-state index in [-0.39, 0.29) is 54.8 Å². The average molecular weight is 998 g/mol. The topological polar surface area (TPSA) is 189 Å². The van der Waals surface area contributed by atoms with Crippen molar-refractivity contribution in [3.63, 3.8) is 0 Å². The van der Waals surface area contributed by atoms with Crippen molar-refractivity contribution >= 4 is 17.5 Å². The number of phenolic OH excluding ortho intramolecular Hbond substituents is 1. The zero-order valence-corrected chi connectivity index (χ0v) is 42.5. The van der Waals surface area contributed by atoms with E-state index >= 15 is 0 Å². The molecule has 11 rings (SSSR count). The third-order valence-corrected chi connectivity index (χ3v) is 18.1. The summed E-state index contributed by atoms with van der Waals surface area (Å²) >= 11 is 0. The molecule has 2 amide bonds. The van der Waals surface area contributed by atoms with Gasteiger partial charge in [-0.15, -0.1) is 0 Å². The third kappa shape index (κ3) is 8.31. The summed E-state index contributed by atoms with van der Waals surface area (Å²) in [6, 6.07) is 17.5. The molecular weight excluding hydrogens is 927 g/mol. The number of carbonyl (C=O) groups is 2. The second-order valence-corrected chi connectivity index (χ2v) is 21.7. The summed E-state index contributed by atoms with van der Waals surface area (Å²) in [6.45, 7) is 2.77. The number of anilines is 1. The van der Waals surface area contributed by atoms with Gasteiger partial charge in [-0.1, -0.05) is 69.4 Å². The third-order valence-electron chi connectivity index (χ3n) is 18.1. The summed E-state index contributed by atoms with van der Waals surface area (Å²) in [6.07, 6.45) is 14.4. The molecule has 0 saturated heterocycles. The first-order valence-corrected chi connectivity index (χ1v) is 26.9. The molecule has 388 valence electrons. The lowest BCUT2D eigenvalue weighted by molar-refractivity contribution is -0.151. The number of fused-ring (bicyclic) bond motifs is 2. The number of aliphatic hydroxyl groups excluding tert-OH is 3. The fourth-order valence-electron chi connectivity index (χ4n) is 14.7. The van der Waals surface area contributed by atoms with Gasteiger partial charge in [0.25, 0.3) is 11.8 Å². The average Bonchev–Trinajstić information content (AvgIpc) is 3.76. The van der Waals surface area contributed by atoms with Gasteiger partial charge in [0.2, 0.25) is 5.75 Å². The Kier molecular flexibility index (Phi) is 13.4. The van der Waals surface area contributed by atoms with Crippen LogP contribution in [0.15, 0.2) is 66.7 Å². The number of hydrogen-bond acceptors (Lipinski definition) is 13. The van der Waals surface area contributed by atoms with E-state index in [1.807, 2.05) is 30.3 Å². The predicted octanol–water partition coefficient (Wildman–Crippen LogP) is 9.19. The molecule has 4 aliphatic carbocycles. The molecule has 14 heteroatoms. The Labute approximate surface area is 428 Å². The first-order chi connectivity index (χ1) is 35.5. The molecule has 7 aliphatic rings. The van der Waals surface area contributed by atoms with Gasteiger partial charge in [-0.05, 0) is 99.1 Å². The number of carbonyl (C=O) groups excluding carboxylic acids is 2. The lowest BCUT2D eigenvalue weighted by Crippen LogP contribution is -2.60. The van der Waals surface area contributed by atoms with Crippen LogP contribution in [0, 0.1) is 11.8 Å². The number of methoxy groups -OCH3 is 2. The van der Waals surface area contributed by atoms with Crippen LogP contribution in [0.4, 0.5) is 5.69 Å². The minimum absolute atomic E-state index is 0.00187. The lowest BCUT2D eigenvalue weighted by atomic mass is 9.55. The highest BCUT2D eigenvalue weighted by Crippen LogP contribution is 2.59. The van der Waals surface area contributed by atoms with Crippen LogP contribution in [0.2, 0.25) is 0 Å². The van der Waals surface area contributed by atoms with Crippen molar-refractivity contribution in [2.45, 2.75) is 145 Å². The van der Waals surface area contributed by atoms with Crippen LogP contribution >= 0.6 is 0 Å². The van der Waals surface area contributed by atoms with Crippen LogP contribution < -0.4 is 34.3 Å². The van der Waals surface area contributed by atoms with Crippen molar-refractivity contribution in [3.8, 4) is 45.6 Å². The SMILES string of the molecule is CCNC1(Oc2cc(OC)c3c4c2C(O)Nc2cc5c(c(c2-4)CC3)C(O)C(c2cc(OC)c(O)c(OCC(CO)C3(c4ccccc4)CCCC(C4(N6C(=O)C=CC6=O)CCCCC4)C3)c2)CO5)CCCCC1. The number of benzene rings is 4. The molecule has 3 saturated carbocycles. The molecule has 14 nitrogen and oxygen atoms in total. The van der Waals surface area contributed by atoms with Gasteiger partial charge in [0.05, 0.1) is 44.6 Å². The summed E-state index contributed by atoms with van der Waals surface area (Å²) in [5.74, 6) is 0.403. The summed E-state index contributed by atoms with van der Waals surface area (Å²) in [5.41, 5.74) is 5.62. The molecule has 0 aromatic heterocycles. The van der Waals surface area contributed by atoms with Gasteiger partial charge in [0, 0.05) is 88.9 Å². The van der Waals surface area contributed by atoms with E-state index in [2.05, 4.69) is 29.7 Å². The molecule has 0 spiro atoms. The van der Waals surface area contributed by atoms with Crippen LogP contribution in [-0.4, -0.2) is 89.0 Å². The Morgan fingerprint density at radius 1 is 0.808 bits per heavy atom. The molecule has 6 atom stereocenters. The van der Waals surface area contributed by atoms with Gasteiger partial charge in [-0.25, -0.2) is 0 Å². The first-order valence-electron chi connectivity index (χ1n) is 26.9. The fraction of sp³-hybridized carbons (Fsp3) is 0.525. The maximum absolute atomic E-state index is 13.5. The van der Waals surface area contributed by atoms with E-state index < -0.39 is 40.8 Å². The molecule has 4 aromatic rings. The molecule has 4 aromatic carbocycles. The summed E-state index contributed by atoms with van der Waals surface area (Å²) in [7, 11) is 3.15. The number of aromatic hydroxyl groups is 1. The molecule has 3 fully saturated rings. The van der Waals surface area contributed by atoms with E-state index in [0.717, 1.165) is 118 Å². The van der Waals surface area contributed by atoms with E-state index in [0.29, 0.717) is 58.9 Å². The van der Waals surface area contributed by atoms with Crippen molar-refractivity contribution in [2.75, 3.05) is 45.9 Å². The van der Waals surface area contributed by atoms with E-state index in [4.69, 9.17) is 23.7 Å². The number of amides is 2. The largest absolute Gasteiger partial charge is 0.502 e. The Balaban J connectivity index is 0.919. The van der Waals surface area contributed by atoms with Crippen LogP contribution in [0.1, 0.15) is 148 Å². The standard InChI is InChI=1S/C59H71N3O11/c1-4-60-59(25-12-7-13-26-59)73-45-30-43(69-2)39-18-19-40-50-42(61-56(68)53(45)52(39)50)29-44-51(40)54(66)41(34-72-44)35-27-46(70-3)55(67)47(28-35)71-33-38(32-63)57(36-15-8-5-9-16-36)22-14-17-37(31-57)58(23-10-6-11-24-58)62-48(64)20-21-49(62)65/h5,8-9,15-16,20-21,27-30,37-38,41,54,56,60-61,63,66-68H,4,6-7,10-14,17-19,22-26,31-34H2,1-3H3. The minimum Gasteiger partial charge on any atom is -0.502 e. The van der Waals surface area contributed by atoms with Gasteiger partial charge in [0.15, 0.2) is 23.5 Å². The van der Waals surface area contributed by atoms with Crippen LogP contribution in [-0.2, 0) is 27.8 Å². The predicted molar refractivity (Wildman–Crippen MR) is 275 cm³/mol. The molecule has 3 aliphatic heterocycles. The van der Waals surface area contributed by atoms with Crippen molar-refractivity contribution in [3.05, 3.63) is 100 Å². The summed E-state index contributed by atoms with van der Waals surface area (Å²) in [5, 5.41) is 54.9. The van der Waals surface area contributed by atoms with Gasteiger partial charge >= 0.3 is 0 Å². The number of aliphatic hydroxyl groups is 3. The highest BCUT2D eigenvalue weighted by molar-refractivity contribution is 6.13. The Morgan fingerprint density at radius 3 is 2.21 bits per heavy atom. The van der Waals surface area contributed by atoms with Gasteiger partial charge in [0.1, 0.15) is 17.2 Å². The number of nitrogens with zero attached hydrogens (tertiary/aromatic N) is 1. The lowest BCUT2D eigenvalue weighted by Gasteiger charge is -2.55. The van der Waals surface area contributed by atoms with Gasteiger partial charge in [-0.2, -0.15) is 0 Å². The minimum atomic E-state index is -1.07. The van der Waals surface area contributed by atoms with E-state index in [1.54, 1.807) is 24.1 Å². The Bertz CT molecular complexity index is 2760. The van der Waals surface area contributed by atoms with E-state index in [1.165, 1.54) is 19.3 Å². The fourth-order valence-corrected chi connectivity index (χ4v) is 14.7. The maximum atomic E-state index is 13.5. The van der Waals surface area contributed by atoms with Crippen molar-refractivity contribution in [2.24, 2.45) is 11.8 Å². The number of ether oxygens (including phenoxy) is 5. The highest BCUT2D eigenvalue weighted by atomic mass is 16.5. The van der Waals surface area contributed by atoms with Crippen molar-refractivity contribution < 1.29 is 53.7 Å². The number of rotatable bonds is 15. The monoisotopic (exact) mass is 998 g/mol. The zero-order chi connectivity index (χ0) is 50.6. The van der Waals surface area contributed by atoms with Crippen LogP contribution in [0.25, 0.3) is 11.1 Å². The molecule has 6 unspecified atom stereocenters. The van der Waals surface area contributed by atoms with Gasteiger partial charge < -0.3 is 49.4 Å². The smallest absolute Gasteiger partial charge is 0.254 e. The van der Waals surface area contributed by atoms with Crippen molar-refractivity contribution in [1.82, 2.24) is 10.2 Å². The molecule has 3 heterocycles. The number of imide groups is 1. The number of nitrogens with one attached hydrogen (secondary N) is 2. The molecule has 73 heavy (non-hydrogen) atoms. The van der Waals surface area contributed by atoms with Crippen LogP contribution in [0.5, 0.6) is 34.5 Å². The van der Waals surface area contributed by atoms with E-state index in [9.17, 15) is 30.0 Å². The second kappa shape index (κ2) is 19.8. The Morgan fingerprint density at radius 2 is 1.51 bits per heavy atom. The highest BCUT2D eigenvalue weighted by Gasteiger charge is 2.55. The quantitative estimate of drug-likeness (QED) is 0.0489. The summed E-state index contributed by atoms with van der Waals surface area (Å²) < 4.78 is 32.1. The molecule has 0 radical (unpaired) electrons. The molecule has 6 N–H and O–H groups in total.